The number of carbonyl (C=O) groups excluding carboxylic acids is 1. The first kappa shape index (κ1) is 17.5. The Hall–Kier alpha value is -2.30. The Balaban J connectivity index is 1.93. The Kier molecular flexibility index (Phi) is 4.84. The molecule has 0 aliphatic heterocycles. The van der Waals surface area contributed by atoms with Gasteiger partial charge in [0.1, 0.15) is 0 Å². The average Bonchev–Trinajstić information content (AvgIpc) is 2.86. The molecule has 3 aromatic rings. The van der Waals surface area contributed by atoms with E-state index in [9.17, 15) is 4.79 Å². The van der Waals surface area contributed by atoms with Crippen molar-refractivity contribution < 1.29 is 4.79 Å². The molecule has 128 valence electrons. The van der Waals surface area contributed by atoms with E-state index in [1.807, 2.05) is 37.3 Å². The van der Waals surface area contributed by atoms with E-state index in [-0.39, 0.29) is 17.9 Å². The zero-order valence-electron chi connectivity index (χ0n) is 13.9. The number of aromatic nitrogens is 2. The van der Waals surface area contributed by atoms with Crippen molar-refractivity contribution in [3.63, 3.8) is 0 Å². The van der Waals surface area contributed by atoms with Gasteiger partial charge in [0, 0.05) is 24.4 Å². The van der Waals surface area contributed by atoms with Crippen LogP contribution < -0.4 is 5.62 Å². The van der Waals surface area contributed by atoms with E-state index < -0.39 is 0 Å². The monoisotopic (exact) mass is 373 g/mol. The van der Waals surface area contributed by atoms with Gasteiger partial charge in [-0.1, -0.05) is 59.1 Å². The van der Waals surface area contributed by atoms with Crippen molar-refractivity contribution in [3.05, 3.63) is 75.5 Å². The molecule has 0 fully saturated rings. The summed E-state index contributed by atoms with van der Waals surface area (Å²) in [4.78, 5) is 12.5. The van der Waals surface area contributed by atoms with Crippen molar-refractivity contribution in [1.82, 2.24) is 9.13 Å². The largest absolute Gasteiger partial charge is 0.314 e. The zero-order chi connectivity index (χ0) is 18.1. The molecule has 6 heteroatoms. The minimum atomic E-state index is -0.0372. The summed E-state index contributed by atoms with van der Waals surface area (Å²) < 4.78 is 3.34. The summed E-state index contributed by atoms with van der Waals surface area (Å²) >= 11 is 12.1. The molecule has 4 nitrogen and oxygen atoms in total. The number of rotatable bonds is 4. The molecule has 2 aromatic carbocycles. The van der Waals surface area contributed by atoms with Crippen molar-refractivity contribution in [3.8, 4) is 11.3 Å². The molecule has 0 saturated carbocycles. The first-order chi connectivity index (χ1) is 11.9. The Morgan fingerprint density at radius 2 is 1.76 bits per heavy atom. The molecule has 1 aromatic heterocycles. The second-order valence-corrected chi connectivity index (χ2v) is 6.76. The lowest BCUT2D eigenvalue weighted by Gasteiger charge is -2.03. The molecule has 0 atom stereocenters. The van der Waals surface area contributed by atoms with E-state index in [0.29, 0.717) is 15.6 Å². The second-order valence-electron chi connectivity index (χ2n) is 5.94. The van der Waals surface area contributed by atoms with Crippen molar-refractivity contribution in [2.75, 3.05) is 0 Å². The molecule has 3 rings (SSSR count). The van der Waals surface area contributed by atoms with E-state index >= 15 is 0 Å². The minimum absolute atomic E-state index is 0.0372. The van der Waals surface area contributed by atoms with Crippen LogP contribution >= 0.6 is 23.2 Å². The number of hydrogen-bond donors (Lipinski definition) is 1. The van der Waals surface area contributed by atoms with Gasteiger partial charge < -0.3 is 9.13 Å². The summed E-state index contributed by atoms with van der Waals surface area (Å²) in [7, 11) is 1.78. The van der Waals surface area contributed by atoms with Crippen molar-refractivity contribution in [2.24, 2.45) is 7.05 Å². The predicted octanol–water partition coefficient (Wildman–Crippen LogP) is 4.47. The highest BCUT2D eigenvalue weighted by molar-refractivity contribution is 6.42. The number of ketones is 1. The molecule has 0 saturated heterocycles. The molecule has 0 spiro atoms. The zero-order valence-corrected chi connectivity index (χ0v) is 15.4. The maximum absolute atomic E-state index is 12.5. The van der Waals surface area contributed by atoms with Gasteiger partial charge in [-0.15, -0.1) is 0 Å². The van der Waals surface area contributed by atoms with Gasteiger partial charge in [0.25, 0.3) is 0 Å². The lowest BCUT2D eigenvalue weighted by Crippen LogP contribution is -2.25. The molecular weight excluding hydrogens is 357 g/mol. The summed E-state index contributed by atoms with van der Waals surface area (Å²) in [6.45, 7) is 2.09. The fourth-order valence-electron chi connectivity index (χ4n) is 2.63. The number of nitrogens with zero attached hydrogens (tertiary/aromatic N) is 2. The summed E-state index contributed by atoms with van der Waals surface area (Å²) in [6.07, 6.45) is 1.79. The highest BCUT2D eigenvalue weighted by Crippen LogP contribution is 2.27. The van der Waals surface area contributed by atoms with Crippen LogP contribution in [0.1, 0.15) is 15.9 Å². The molecule has 0 radical (unpaired) electrons. The van der Waals surface area contributed by atoms with Gasteiger partial charge in [0.2, 0.25) is 5.62 Å². The third kappa shape index (κ3) is 3.55. The summed E-state index contributed by atoms with van der Waals surface area (Å²) in [5.74, 6) is -0.0372. The topological polar surface area (TPSA) is 50.8 Å². The number of nitrogens with one attached hydrogen (secondary N) is 1. The number of aryl methyl sites for hydroxylation is 1. The molecule has 1 N–H and O–H groups in total. The molecule has 0 amide bonds. The van der Waals surface area contributed by atoms with E-state index in [4.69, 9.17) is 28.6 Å². The fraction of sp³-hybridized carbons (Fsp3) is 0.158. The van der Waals surface area contributed by atoms with Crippen LogP contribution in [0.15, 0.2) is 48.7 Å². The Morgan fingerprint density at radius 1 is 1.08 bits per heavy atom. The van der Waals surface area contributed by atoms with Crippen LogP contribution in [0, 0.1) is 12.3 Å². The second kappa shape index (κ2) is 6.90. The van der Waals surface area contributed by atoms with Gasteiger partial charge in [0.05, 0.1) is 22.3 Å². The van der Waals surface area contributed by atoms with Crippen LogP contribution in [-0.4, -0.2) is 14.9 Å². The Morgan fingerprint density at radius 3 is 2.40 bits per heavy atom. The number of carbonyl (C=O) groups is 1. The summed E-state index contributed by atoms with van der Waals surface area (Å²) in [5, 5.41) is 9.20. The van der Waals surface area contributed by atoms with Crippen LogP contribution in [0.4, 0.5) is 0 Å². The standard InChI is InChI=1S/C19H17Cl2N3O/c1-12-3-5-13(6-4-12)18(25)11-24-10-17(23(2)19(24)22)14-7-8-15(20)16(21)9-14/h3-10,22H,11H2,1-2H3. The normalized spacial score (nSPS) is 10.9. The SMILES string of the molecule is Cc1ccc(C(=O)Cn2cc(-c3ccc(Cl)c(Cl)c3)n(C)c2=N)cc1. The smallest absolute Gasteiger partial charge is 0.202 e. The van der Waals surface area contributed by atoms with Crippen molar-refractivity contribution >= 4 is 29.0 Å². The first-order valence-electron chi connectivity index (χ1n) is 7.73. The third-order valence-electron chi connectivity index (χ3n) is 4.13. The van der Waals surface area contributed by atoms with Gasteiger partial charge in [-0.05, 0) is 19.1 Å². The van der Waals surface area contributed by atoms with Crippen LogP contribution in [0.3, 0.4) is 0 Å². The van der Waals surface area contributed by atoms with Crippen LogP contribution in [0.25, 0.3) is 11.3 Å². The first-order valence-corrected chi connectivity index (χ1v) is 8.48. The molecule has 0 unspecified atom stereocenters. The number of imidazole rings is 1. The summed E-state index contributed by atoms with van der Waals surface area (Å²) in [6, 6.07) is 12.8. The van der Waals surface area contributed by atoms with Gasteiger partial charge >= 0.3 is 0 Å². The van der Waals surface area contributed by atoms with Gasteiger partial charge in [-0.3, -0.25) is 10.2 Å². The van der Waals surface area contributed by atoms with Gasteiger partial charge in [0.15, 0.2) is 5.78 Å². The molecule has 1 heterocycles. The fourth-order valence-corrected chi connectivity index (χ4v) is 2.93. The van der Waals surface area contributed by atoms with Crippen molar-refractivity contribution in [2.45, 2.75) is 13.5 Å². The molecular formula is C19H17Cl2N3O. The number of Topliss-reactive ketones (excluding diaryl/α,β-unsaturated/α-hetero) is 1. The maximum Gasteiger partial charge on any atom is 0.202 e. The number of halogens is 2. The van der Waals surface area contributed by atoms with Crippen LogP contribution in [-0.2, 0) is 13.6 Å². The average molecular weight is 374 g/mol. The highest BCUT2D eigenvalue weighted by atomic mass is 35.5. The molecule has 0 bridgehead atoms. The van der Waals surface area contributed by atoms with Crippen LogP contribution in [0.5, 0.6) is 0 Å². The molecule has 25 heavy (non-hydrogen) atoms. The van der Waals surface area contributed by atoms with E-state index in [2.05, 4.69) is 0 Å². The Bertz CT molecular complexity index is 1000. The lowest BCUT2D eigenvalue weighted by atomic mass is 10.1. The van der Waals surface area contributed by atoms with E-state index in [1.165, 1.54) is 0 Å². The predicted molar refractivity (Wildman–Crippen MR) is 100 cm³/mol. The van der Waals surface area contributed by atoms with Crippen molar-refractivity contribution in [1.29, 1.82) is 5.41 Å². The van der Waals surface area contributed by atoms with E-state index in [0.717, 1.165) is 16.8 Å². The minimum Gasteiger partial charge on any atom is -0.314 e. The van der Waals surface area contributed by atoms with Gasteiger partial charge in [-0.2, -0.15) is 0 Å². The van der Waals surface area contributed by atoms with Crippen LogP contribution in [0.2, 0.25) is 10.0 Å². The maximum atomic E-state index is 12.5. The molecule has 0 aliphatic carbocycles. The number of benzene rings is 2. The lowest BCUT2D eigenvalue weighted by molar-refractivity contribution is 0.0970. The summed E-state index contributed by atoms with van der Waals surface area (Å²) in [5.41, 5.74) is 3.61. The third-order valence-corrected chi connectivity index (χ3v) is 4.87. The van der Waals surface area contributed by atoms with E-state index in [1.54, 1.807) is 34.5 Å². The quantitative estimate of drug-likeness (QED) is 0.673. The Labute approximate surface area is 155 Å². The van der Waals surface area contributed by atoms with Gasteiger partial charge in [-0.25, -0.2) is 0 Å². The number of hydrogen-bond acceptors (Lipinski definition) is 2. The molecule has 0 aliphatic rings. The highest BCUT2D eigenvalue weighted by Gasteiger charge is 2.13.